The van der Waals surface area contributed by atoms with Crippen LogP contribution in [0, 0.1) is 5.92 Å². The summed E-state index contributed by atoms with van der Waals surface area (Å²) in [5, 5.41) is 12.3. The predicted molar refractivity (Wildman–Crippen MR) is 47.0 cm³/mol. The molecular weight excluding hydrogens is 162 g/mol. The maximum absolute atomic E-state index is 8.86. The number of nitrogens with one attached hydrogen (secondary N) is 1. The third kappa shape index (κ3) is 1.68. The molecule has 1 saturated carbocycles. The first-order valence-corrected chi connectivity index (χ1v) is 4.27. The fourth-order valence-electron chi connectivity index (χ4n) is 2.40. The van der Waals surface area contributed by atoms with Crippen LogP contribution < -0.4 is 5.32 Å². The molecular formula is C8H16ClNO. The van der Waals surface area contributed by atoms with E-state index in [9.17, 15) is 0 Å². The van der Waals surface area contributed by atoms with Gasteiger partial charge in [0, 0.05) is 12.1 Å². The van der Waals surface area contributed by atoms with Gasteiger partial charge >= 0.3 is 0 Å². The highest BCUT2D eigenvalue weighted by molar-refractivity contribution is 5.85. The molecule has 66 valence electrons. The van der Waals surface area contributed by atoms with Gasteiger partial charge in [-0.2, -0.15) is 0 Å². The van der Waals surface area contributed by atoms with E-state index in [1.165, 1.54) is 25.7 Å². The van der Waals surface area contributed by atoms with Crippen LogP contribution in [-0.4, -0.2) is 23.8 Å². The average molecular weight is 178 g/mol. The van der Waals surface area contributed by atoms with Crippen molar-refractivity contribution in [3.8, 4) is 0 Å². The van der Waals surface area contributed by atoms with Crippen molar-refractivity contribution in [3.63, 3.8) is 0 Å². The van der Waals surface area contributed by atoms with Crippen LogP contribution in [-0.2, 0) is 0 Å². The first kappa shape index (κ1) is 9.30. The Morgan fingerprint density at radius 2 is 2.18 bits per heavy atom. The molecule has 0 unspecified atom stereocenters. The van der Waals surface area contributed by atoms with E-state index >= 15 is 0 Å². The lowest BCUT2D eigenvalue weighted by Gasteiger charge is -2.08. The summed E-state index contributed by atoms with van der Waals surface area (Å²) in [6.45, 7) is 0.326. The Hall–Kier alpha value is 0.210. The predicted octanol–water partition coefficient (Wildman–Crippen LogP) is 0.931. The third-order valence-corrected chi connectivity index (χ3v) is 2.92. The van der Waals surface area contributed by atoms with Crippen LogP contribution in [0.5, 0.6) is 0 Å². The second-order valence-corrected chi connectivity index (χ2v) is 3.58. The Balaban J connectivity index is 0.000000605. The number of aliphatic hydroxyl groups excluding tert-OH is 1. The van der Waals surface area contributed by atoms with E-state index in [-0.39, 0.29) is 12.4 Å². The van der Waals surface area contributed by atoms with Gasteiger partial charge in [-0.15, -0.1) is 12.4 Å². The zero-order valence-corrected chi connectivity index (χ0v) is 7.44. The molecule has 1 aliphatic carbocycles. The summed E-state index contributed by atoms with van der Waals surface area (Å²) in [6, 6.07) is 1.16. The summed E-state index contributed by atoms with van der Waals surface area (Å²) in [7, 11) is 0. The highest BCUT2D eigenvalue weighted by Crippen LogP contribution is 2.34. The average Bonchev–Trinajstić information content (AvgIpc) is 2.42. The summed E-state index contributed by atoms with van der Waals surface area (Å²) in [4.78, 5) is 0. The second-order valence-electron chi connectivity index (χ2n) is 3.58. The van der Waals surface area contributed by atoms with Crippen LogP contribution in [0.15, 0.2) is 0 Å². The number of fused-ring (bicyclic) bond motifs is 1. The normalized spacial score (nSPS) is 41.7. The molecule has 0 aromatic rings. The summed E-state index contributed by atoms with van der Waals surface area (Å²) in [6.07, 6.45) is 5.32. The van der Waals surface area contributed by atoms with Gasteiger partial charge in [0.05, 0.1) is 6.61 Å². The van der Waals surface area contributed by atoms with Crippen LogP contribution in [0.25, 0.3) is 0 Å². The first-order valence-electron chi connectivity index (χ1n) is 4.27. The quantitative estimate of drug-likeness (QED) is 0.625. The Morgan fingerprint density at radius 1 is 1.36 bits per heavy atom. The molecule has 0 radical (unpaired) electrons. The number of halogens is 1. The first-order chi connectivity index (χ1) is 4.90. The standard InChI is InChI=1S/C8H15NO.ClH/c10-5-7-4-6-2-1-3-8(6)9-7;/h6-10H,1-5H2;1H/t6-,7-,8-;/m0./s1. The highest BCUT2D eigenvalue weighted by Gasteiger charge is 2.35. The van der Waals surface area contributed by atoms with Crippen LogP contribution >= 0.6 is 12.4 Å². The molecule has 2 nitrogen and oxygen atoms in total. The Bertz CT molecular complexity index is 119. The number of aliphatic hydroxyl groups is 1. The highest BCUT2D eigenvalue weighted by atomic mass is 35.5. The van der Waals surface area contributed by atoms with E-state index in [2.05, 4.69) is 5.32 Å². The summed E-state index contributed by atoms with van der Waals surface area (Å²) >= 11 is 0. The maximum Gasteiger partial charge on any atom is 0.0584 e. The lowest BCUT2D eigenvalue weighted by Crippen LogP contribution is -2.31. The summed E-state index contributed by atoms with van der Waals surface area (Å²) in [5.41, 5.74) is 0. The van der Waals surface area contributed by atoms with Gasteiger partial charge in [-0.3, -0.25) is 0 Å². The van der Waals surface area contributed by atoms with Crippen LogP contribution in [0.3, 0.4) is 0 Å². The molecule has 2 fully saturated rings. The van der Waals surface area contributed by atoms with Gasteiger partial charge in [-0.05, 0) is 25.2 Å². The van der Waals surface area contributed by atoms with Crippen LogP contribution in [0.4, 0.5) is 0 Å². The molecule has 11 heavy (non-hydrogen) atoms. The van der Waals surface area contributed by atoms with Gasteiger partial charge in [0.15, 0.2) is 0 Å². The zero-order valence-electron chi connectivity index (χ0n) is 6.62. The smallest absolute Gasteiger partial charge is 0.0584 e. The van der Waals surface area contributed by atoms with E-state index in [0.717, 1.165) is 12.0 Å². The van der Waals surface area contributed by atoms with Crippen molar-refractivity contribution in [1.29, 1.82) is 0 Å². The Morgan fingerprint density at radius 3 is 2.82 bits per heavy atom. The molecule has 1 saturated heterocycles. The van der Waals surface area contributed by atoms with E-state index in [4.69, 9.17) is 5.11 Å². The van der Waals surface area contributed by atoms with Crippen molar-refractivity contribution in [2.45, 2.75) is 37.8 Å². The van der Waals surface area contributed by atoms with Gasteiger partial charge in [-0.1, -0.05) is 6.42 Å². The van der Waals surface area contributed by atoms with E-state index in [0.29, 0.717) is 12.6 Å². The molecule has 1 heterocycles. The molecule has 1 aliphatic heterocycles. The van der Waals surface area contributed by atoms with E-state index in [1.54, 1.807) is 0 Å². The minimum absolute atomic E-state index is 0. The second kappa shape index (κ2) is 3.74. The molecule has 3 atom stereocenters. The third-order valence-electron chi connectivity index (χ3n) is 2.92. The lowest BCUT2D eigenvalue weighted by molar-refractivity contribution is 0.248. The topological polar surface area (TPSA) is 32.3 Å². The van der Waals surface area contributed by atoms with Gasteiger partial charge in [0.1, 0.15) is 0 Å². The van der Waals surface area contributed by atoms with Crippen molar-refractivity contribution < 1.29 is 5.11 Å². The van der Waals surface area contributed by atoms with Crippen molar-refractivity contribution >= 4 is 12.4 Å². The maximum atomic E-state index is 8.86. The molecule has 3 heteroatoms. The largest absolute Gasteiger partial charge is 0.395 e. The minimum atomic E-state index is 0. The SMILES string of the molecule is Cl.OC[C@@H]1C[C@@H]2CCC[C@@H]2N1. The fourth-order valence-corrected chi connectivity index (χ4v) is 2.40. The fraction of sp³-hybridized carbons (Fsp3) is 1.00. The molecule has 0 bridgehead atoms. The van der Waals surface area contributed by atoms with Gasteiger partial charge in [0.25, 0.3) is 0 Å². The molecule has 2 rings (SSSR count). The zero-order chi connectivity index (χ0) is 6.97. The molecule has 0 aromatic carbocycles. The summed E-state index contributed by atoms with van der Waals surface area (Å²) < 4.78 is 0. The number of hydrogen-bond acceptors (Lipinski definition) is 2. The van der Waals surface area contributed by atoms with Crippen molar-refractivity contribution in [1.82, 2.24) is 5.32 Å². The Labute approximate surface area is 73.8 Å². The molecule has 2 N–H and O–H groups in total. The monoisotopic (exact) mass is 177 g/mol. The van der Waals surface area contributed by atoms with Gasteiger partial charge < -0.3 is 10.4 Å². The van der Waals surface area contributed by atoms with Crippen LogP contribution in [0.1, 0.15) is 25.7 Å². The van der Waals surface area contributed by atoms with E-state index in [1.807, 2.05) is 0 Å². The molecule has 0 aromatic heterocycles. The van der Waals surface area contributed by atoms with E-state index < -0.39 is 0 Å². The Kier molecular flexibility index (Phi) is 3.16. The van der Waals surface area contributed by atoms with Gasteiger partial charge in [-0.25, -0.2) is 0 Å². The van der Waals surface area contributed by atoms with Crippen molar-refractivity contribution in [2.75, 3.05) is 6.61 Å². The van der Waals surface area contributed by atoms with Crippen molar-refractivity contribution in [2.24, 2.45) is 5.92 Å². The summed E-state index contributed by atoms with van der Waals surface area (Å²) in [5.74, 6) is 0.886. The van der Waals surface area contributed by atoms with Crippen LogP contribution in [0.2, 0.25) is 0 Å². The number of rotatable bonds is 1. The lowest BCUT2D eigenvalue weighted by atomic mass is 10.0. The number of hydrogen-bond donors (Lipinski definition) is 2. The minimum Gasteiger partial charge on any atom is -0.395 e. The molecule has 0 spiro atoms. The van der Waals surface area contributed by atoms with Crippen molar-refractivity contribution in [3.05, 3.63) is 0 Å². The molecule has 2 aliphatic rings. The van der Waals surface area contributed by atoms with Gasteiger partial charge in [0.2, 0.25) is 0 Å². The molecule has 0 amide bonds.